The highest BCUT2D eigenvalue weighted by Crippen LogP contribution is 2.24. The van der Waals surface area contributed by atoms with Crippen molar-refractivity contribution in [1.29, 1.82) is 0 Å². The van der Waals surface area contributed by atoms with Crippen molar-refractivity contribution in [3.8, 4) is 0 Å². The van der Waals surface area contributed by atoms with E-state index in [-0.39, 0.29) is 10.5 Å². The minimum Gasteiger partial charge on any atom is -0.392 e. The summed E-state index contributed by atoms with van der Waals surface area (Å²) in [6.07, 6.45) is 0. The summed E-state index contributed by atoms with van der Waals surface area (Å²) in [7, 11) is 0. The van der Waals surface area contributed by atoms with Gasteiger partial charge in [-0.2, -0.15) is 0 Å². The van der Waals surface area contributed by atoms with Gasteiger partial charge in [-0.05, 0) is 13.8 Å². The zero-order chi connectivity index (χ0) is 7.72. The number of hydrogen-bond donors (Lipinski definition) is 0. The number of cyclic esters (lactones) is 2. The van der Waals surface area contributed by atoms with Crippen molar-refractivity contribution in [3.63, 3.8) is 0 Å². The average Bonchev–Trinajstić information content (AvgIpc) is 1.84. The molecule has 0 spiro atoms. The highest BCUT2D eigenvalue weighted by atomic mass is 32.2. The predicted octanol–water partition coefficient (Wildman–Crippen LogP) is 0.580. The SMILES string of the molecule is C[C@@H]1S[C@@H](C)C(=O)OC1=O. The Morgan fingerprint density at radius 2 is 1.60 bits per heavy atom. The van der Waals surface area contributed by atoms with Crippen LogP contribution in [0.15, 0.2) is 0 Å². The van der Waals surface area contributed by atoms with E-state index < -0.39 is 11.9 Å². The fourth-order valence-corrected chi connectivity index (χ4v) is 1.61. The van der Waals surface area contributed by atoms with Crippen LogP contribution in [0.2, 0.25) is 0 Å². The Bertz CT molecular complexity index is 160. The van der Waals surface area contributed by atoms with E-state index in [0.29, 0.717) is 0 Å². The summed E-state index contributed by atoms with van der Waals surface area (Å²) in [6.45, 7) is 3.46. The van der Waals surface area contributed by atoms with Gasteiger partial charge in [0, 0.05) is 0 Å². The molecule has 0 N–H and O–H groups in total. The van der Waals surface area contributed by atoms with Crippen LogP contribution >= 0.6 is 11.8 Å². The molecule has 1 heterocycles. The Morgan fingerprint density at radius 1 is 1.20 bits per heavy atom. The molecule has 0 unspecified atom stereocenters. The minimum absolute atomic E-state index is 0.201. The molecule has 0 amide bonds. The van der Waals surface area contributed by atoms with E-state index in [1.807, 2.05) is 0 Å². The molecule has 4 heteroatoms. The van der Waals surface area contributed by atoms with Crippen LogP contribution < -0.4 is 0 Å². The normalized spacial score (nSPS) is 33.8. The van der Waals surface area contributed by atoms with Gasteiger partial charge in [0.1, 0.15) is 10.5 Å². The van der Waals surface area contributed by atoms with Crippen LogP contribution in [0.4, 0.5) is 0 Å². The van der Waals surface area contributed by atoms with E-state index in [1.165, 1.54) is 11.8 Å². The second-order valence-electron chi connectivity index (χ2n) is 2.16. The molecule has 3 nitrogen and oxygen atoms in total. The molecule has 1 aliphatic rings. The van der Waals surface area contributed by atoms with Crippen molar-refractivity contribution in [3.05, 3.63) is 0 Å². The van der Waals surface area contributed by atoms with Gasteiger partial charge in [0.25, 0.3) is 0 Å². The van der Waals surface area contributed by atoms with Gasteiger partial charge in [0.15, 0.2) is 0 Å². The number of thioether (sulfide) groups is 1. The van der Waals surface area contributed by atoms with E-state index >= 15 is 0 Å². The van der Waals surface area contributed by atoms with Crippen LogP contribution in [-0.4, -0.2) is 22.4 Å². The molecule has 56 valence electrons. The third-order valence-corrected chi connectivity index (χ3v) is 2.47. The molecule has 10 heavy (non-hydrogen) atoms. The van der Waals surface area contributed by atoms with Crippen molar-refractivity contribution in [2.45, 2.75) is 24.3 Å². The summed E-state index contributed by atoms with van der Waals surface area (Å²) in [5.41, 5.74) is 0. The first-order chi connectivity index (χ1) is 4.61. The van der Waals surface area contributed by atoms with E-state index in [1.54, 1.807) is 13.8 Å². The van der Waals surface area contributed by atoms with Crippen LogP contribution in [0.3, 0.4) is 0 Å². The first kappa shape index (κ1) is 7.60. The molecule has 0 aromatic rings. The van der Waals surface area contributed by atoms with E-state index in [2.05, 4.69) is 4.74 Å². The lowest BCUT2D eigenvalue weighted by Crippen LogP contribution is -2.33. The number of hydrogen-bond acceptors (Lipinski definition) is 4. The van der Waals surface area contributed by atoms with E-state index in [0.717, 1.165) is 0 Å². The summed E-state index contributed by atoms with van der Waals surface area (Å²) in [5, 5.41) is -0.402. The van der Waals surface area contributed by atoms with Crippen molar-refractivity contribution in [2.75, 3.05) is 0 Å². The second kappa shape index (κ2) is 2.62. The van der Waals surface area contributed by atoms with Gasteiger partial charge in [-0.15, -0.1) is 11.8 Å². The minimum atomic E-state index is -0.423. The summed E-state index contributed by atoms with van der Waals surface area (Å²) >= 11 is 1.33. The lowest BCUT2D eigenvalue weighted by molar-refractivity contribution is -0.159. The predicted molar refractivity (Wildman–Crippen MR) is 37.6 cm³/mol. The monoisotopic (exact) mass is 160 g/mol. The summed E-state index contributed by atoms with van der Waals surface area (Å²) in [5.74, 6) is -0.846. The van der Waals surface area contributed by atoms with Gasteiger partial charge in [-0.25, -0.2) is 0 Å². The summed E-state index contributed by atoms with van der Waals surface area (Å²) in [4.78, 5) is 21.4. The van der Waals surface area contributed by atoms with Crippen LogP contribution in [0.25, 0.3) is 0 Å². The molecular formula is C6H8O3S. The molecule has 0 aromatic heterocycles. The Kier molecular flexibility index (Phi) is 1.99. The molecule has 0 saturated carbocycles. The fraction of sp³-hybridized carbons (Fsp3) is 0.667. The van der Waals surface area contributed by atoms with Crippen LogP contribution in [0.5, 0.6) is 0 Å². The molecule has 1 aliphatic heterocycles. The highest BCUT2D eigenvalue weighted by molar-refractivity contribution is 8.01. The molecule has 0 bridgehead atoms. The number of carbonyl (C=O) groups is 2. The standard InChI is InChI=1S/C6H8O3S/c1-3-5(7)9-6(8)4(2)10-3/h3-4H,1-2H3/t3-,4-/m0/s1. The van der Waals surface area contributed by atoms with E-state index in [9.17, 15) is 9.59 Å². The highest BCUT2D eigenvalue weighted by Gasteiger charge is 2.31. The third-order valence-electron chi connectivity index (χ3n) is 1.27. The Labute approximate surface area is 63.1 Å². The smallest absolute Gasteiger partial charge is 0.326 e. The molecule has 1 saturated heterocycles. The molecule has 2 atom stereocenters. The van der Waals surface area contributed by atoms with Crippen molar-refractivity contribution in [2.24, 2.45) is 0 Å². The van der Waals surface area contributed by atoms with Gasteiger partial charge in [0.05, 0.1) is 0 Å². The van der Waals surface area contributed by atoms with Gasteiger partial charge in [0.2, 0.25) is 0 Å². The van der Waals surface area contributed by atoms with E-state index in [4.69, 9.17) is 0 Å². The first-order valence-corrected chi connectivity index (χ1v) is 3.96. The zero-order valence-corrected chi connectivity index (χ0v) is 6.60. The van der Waals surface area contributed by atoms with Gasteiger partial charge in [-0.3, -0.25) is 9.59 Å². The molecule has 0 aromatic carbocycles. The van der Waals surface area contributed by atoms with Gasteiger partial charge >= 0.3 is 11.9 Å². The van der Waals surface area contributed by atoms with Crippen LogP contribution in [0.1, 0.15) is 13.8 Å². The van der Waals surface area contributed by atoms with Gasteiger partial charge < -0.3 is 4.74 Å². The van der Waals surface area contributed by atoms with Crippen LogP contribution in [-0.2, 0) is 14.3 Å². The Hall–Kier alpha value is -0.510. The van der Waals surface area contributed by atoms with Crippen LogP contribution in [0, 0.1) is 0 Å². The maximum Gasteiger partial charge on any atom is 0.326 e. The maximum absolute atomic E-state index is 10.7. The number of rotatable bonds is 0. The summed E-state index contributed by atoms with van der Waals surface area (Å²) in [6, 6.07) is 0. The lowest BCUT2D eigenvalue weighted by atomic mass is 10.4. The number of carbonyl (C=O) groups excluding carboxylic acids is 2. The number of esters is 2. The zero-order valence-electron chi connectivity index (χ0n) is 5.79. The molecule has 1 rings (SSSR count). The molecular weight excluding hydrogens is 152 g/mol. The van der Waals surface area contributed by atoms with Gasteiger partial charge in [-0.1, -0.05) is 0 Å². The molecule has 0 aliphatic carbocycles. The Balaban J connectivity index is 2.63. The van der Waals surface area contributed by atoms with Crippen molar-refractivity contribution >= 4 is 23.7 Å². The average molecular weight is 160 g/mol. The summed E-state index contributed by atoms with van der Waals surface area (Å²) < 4.78 is 4.41. The maximum atomic E-state index is 10.7. The molecule has 0 radical (unpaired) electrons. The van der Waals surface area contributed by atoms with Crippen molar-refractivity contribution in [1.82, 2.24) is 0 Å². The number of ether oxygens (including phenoxy) is 1. The quantitative estimate of drug-likeness (QED) is 0.384. The Morgan fingerprint density at radius 3 is 1.90 bits per heavy atom. The fourth-order valence-electron chi connectivity index (χ4n) is 0.682. The third kappa shape index (κ3) is 1.31. The largest absolute Gasteiger partial charge is 0.392 e. The van der Waals surface area contributed by atoms with Crippen molar-refractivity contribution < 1.29 is 14.3 Å². The topological polar surface area (TPSA) is 43.4 Å². The lowest BCUT2D eigenvalue weighted by Gasteiger charge is -2.20. The first-order valence-electron chi connectivity index (χ1n) is 3.02. The molecule has 1 fully saturated rings. The second-order valence-corrected chi connectivity index (χ2v) is 3.85.